The normalized spacial score (nSPS) is 15.7. The predicted molar refractivity (Wildman–Crippen MR) is 88.9 cm³/mol. The van der Waals surface area contributed by atoms with Crippen LogP contribution in [0, 0.1) is 0 Å². The molecule has 0 aliphatic heterocycles. The molecule has 7 heteroatoms. The number of nitrogens with one attached hydrogen (secondary N) is 1. The SMILES string of the molecule is CS(=O)(=O)N(Cc1ccc2c(c1)[nH]c(=O)c1cccn12)C1CC1. The third-order valence-corrected chi connectivity index (χ3v) is 5.55. The Kier molecular flexibility index (Phi) is 3.11. The van der Waals surface area contributed by atoms with Gasteiger partial charge >= 0.3 is 0 Å². The summed E-state index contributed by atoms with van der Waals surface area (Å²) in [6, 6.07) is 9.41. The summed E-state index contributed by atoms with van der Waals surface area (Å²) in [6.45, 7) is 0.338. The maximum absolute atomic E-state index is 12.1. The molecule has 0 radical (unpaired) electrons. The Labute approximate surface area is 133 Å². The Morgan fingerprint density at radius 3 is 2.74 bits per heavy atom. The van der Waals surface area contributed by atoms with Gasteiger partial charge in [0.15, 0.2) is 0 Å². The molecule has 1 fully saturated rings. The highest BCUT2D eigenvalue weighted by Gasteiger charge is 2.34. The number of aromatic amines is 1. The summed E-state index contributed by atoms with van der Waals surface area (Å²) < 4.78 is 27.3. The maximum atomic E-state index is 12.1. The number of nitrogens with zero attached hydrogens (tertiary/aromatic N) is 2. The Morgan fingerprint density at radius 1 is 1.26 bits per heavy atom. The zero-order valence-electron chi connectivity index (χ0n) is 12.7. The Balaban J connectivity index is 1.80. The molecule has 0 spiro atoms. The largest absolute Gasteiger partial charge is 0.319 e. The molecule has 0 atom stereocenters. The van der Waals surface area contributed by atoms with Crippen LogP contribution in [0.3, 0.4) is 0 Å². The quantitative estimate of drug-likeness (QED) is 0.791. The Hall–Kier alpha value is -2.12. The van der Waals surface area contributed by atoms with Crippen LogP contribution in [0.25, 0.3) is 16.6 Å². The molecular formula is C16H17N3O3S. The molecule has 1 aliphatic carbocycles. The van der Waals surface area contributed by atoms with Crippen LogP contribution in [-0.2, 0) is 16.6 Å². The van der Waals surface area contributed by atoms with Crippen LogP contribution in [0.1, 0.15) is 18.4 Å². The highest BCUT2D eigenvalue weighted by atomic mass is 32.2. The fraction of sp³-hybridized carbons (Fsp3) is 0.312. The van der Waals surface area contributed by atoms with Crippen molar-refractivity contribution in [2.45, 2.75) is 25.4 Å². The Morgan fingerprint density at radius 2 is 2.04 bits per heavy atom. The first-order valence-electron chi connectivity index (χ1n) is 7.52. The van der Waals surface area contributed by atoms with E-state index in [2.05, 4.69) is 4.98 Å². The summed E-state index contributed by atoms with van der Waals surface area (Å²) in [4.78, 5) is 15.0. The first kappa shape index (κ1) is 14.5. The summed E-state index contributed by atoms with van der Waals surface area (Å²) in [6.07, 6.45) is 4.93. The summed E-state index contributed by atoms with van der Waals surface area (Å²) in [7, 11) is -3.23. The van der Waals surface area contributed by atoms with E-state index >= 15 is 0 Å². The van der Waals surface area contributed by atoms with E-state index in [-0.39, 0.29) is 11.6 Å². The molecular weight excluding hydrogens is 314 g/mol. The van der Waals surface area contributed by atoms with Crippen LogP contribution in [0.15, 0.2) is 41.3 Å². The van der Waals surface area contributed by atoms with Crippen LogP contribution in [0.5, 0.6) is 0 Å². The smallest absolute Gasteiger partial charge is 0.272 e. The van der Waals surface area contributed by atoms with Gasteiger partial charge in [-0.25, -0.2) is 8.42 Å². The molecule has 0 amide bonds. The van der Waals surface area contributed by atoms with Crippen LogP contribution in [0.4, 0.5) is 0 Å². The van der Waals surface area contributed by atoms with Gasteiger partial charge in [0.2, 0.25) is 10.0 Å². The minimum absolute atomic E-state index is 0.117. The van der Waals surface area contributed by atoms with Crippen molar-refractivity contribution in [1.29, 1.82) is 0 Å². The zero-order valence-corrected chi connectivity index (χ0v) is 13.5. The van der Waals surface area contributed by atoms with Crippen molar-refractivity contribution in [1.82, 2.24) is 13.7 Å². The lowest BCUT2D eigenvalue weighted by molar-refractivity contribution is 0.402. The van der Waals surface area contributed by atoms with Gasteiger partial charge in [-0.3, -0.25) is 4.79 Å². The number of rotatable bonds is 4. The highest BCUT2D eigenvalue weighted by molar-refractivity contribution is 7.88. The van der Waals surface area contributed by atoms with Gasteiger partial charge < -0.3 is 9.38 Å². The van der Waals surface area contributed by atoms with Crippen LogP contribution >= 0.6 is 0 Å². The average Bonchev–Trinajstić information content (AvgIpc) is 3.18. The third-order valence-electron chi connectivity index (χ3n) is 4.27. The monoisotopic (exact) mass is 331 g/mol. The Bertz CT molecular complexity index is 1060. The number of benzene rings is 1. The van der Waals surface area contributed by atoms with Crippen LogP contribution in [0.2, 0.25) is 0 Å². The van der Waals surface area contributed by atoms with Gasteiger partial charge in [0.05, 0.1) is 17.3 Å². The summed E-state index contributed by atoms with van der Waals surface area (Å²) in [5.41, 5.74) is 2.92. The predicted octanol–water partition coefficient (Wildman–Crippen LogP) is 1.70. The van der Waals surface area contributed by atoms with Gasteiger partial charge in [-0.15, -0.1) is 0 Å². The van der Waals surface area contributed by atoms with E-state index in [1.807, 2.05) is 34.9 Å². The molecule has 23 heavy (non-hydrogen) atoms. The molecule has 1 aliphatic rings. The van der Waals surface area contributed by atoms with Crippen molar-refractivity contribution in [2.75, 3.05) is 6.26 Å². The fourth-order valence-corrected chi connectivity index (χ4v) is 4.15. The number of hydrogen-bond donors (Lipinski definition) is 1. The molecule has 6 nitrogen and oxygen atoms in total. The van der Waals surface area contributed by atoms with Gasteiger partial charge in [0.1, 0.15) is 5.52 Å². The number of sulfonamides is 1. The third kappa shape index (κ3) is 2.55. The number of H-pyrrole nitrogens is 1. The molecule has 3 aromatic rings. The van der Waals surface area contributed by atoms with Crippen molar-refractivity contribution in [2.24, 2.45) is 0 Å². The standard InChI is InChI=1S/C16H17N3O3S/c1-23(21,22)19(12-5-6-12)10-11-4-7-14-13(9-11)17-16(20)15-3-2-8-18(14)15/h2-4,7-9,12H,5-6,10H2,1H3,(H,17,20). The van der Waals surface area contributed by atoms with Crippen LogP contribution in [-0.4, -0.2) is 34.4 Å². The molecule has 1 saturated carbocycles. The van der Waals surface area contributed by atoms with Crippen molar-refractivity contribution in [3.05, 3.63) is 52.4 Å². The topological polar surface area (TPSA) is 74.7 Å². The van der Waals surface area contributed by atoms with Crippen molar-refractivity contribution < 1.29 is 8.42 Å². The summed E-state index contributed by atoms with van der Waals surface area (Å²) in [5.74, 6) is 0. The molecule has 0 saturated heterocycles. The van der Waals surface area contributed by atoms with Gasteiger partial charge in [-0.2, -0.15) is 4.31 Å². The van der Waals surface area contributed by atoms with Gasteiger partial charge in [-0.05, 0) is 42.7 Å². The first-order valence-corrected chi connectivity index (χ1v) is 9.37. The second kappa shape index (κ2) is 4.94. The molecule has 120 valence electrons. The van der Waals surface area contributed by atoms with E-state index in [0.29, 0.717) is 17.6 Å². The van der Waals surface area contributed by atoms with Crippen molar-refractivity contribution in [3.63, 3.8) is 0 Å². The highest BCUT2D eigenvalue weighted by Crippen LogP contribution is 2.30. The van der Waals surface area contributed by atoms with E-state index in [1.165, 1.54) is 6.26 Å². The van der Waals surface area contributed by atoms with Gasteiger partial charge in [0, 0.05) is 18.8 Å². The molecule has 4 rings (SSSR count). The summed E-state index contributed by atoms with van der Waals surface area (Å²) in [5, 5.41) is 0. The van der Waals surface area contributed by atoms with E-state index in [0.717, 1.165) is 23.9 Å². The number of hydrogen-bond acceptors (Lipinski definition) is 3. The van der Waals surface area contributed by atoms with E-state index < -0.39 is 10.0 Å². The van der Waals surface area contributed by atoms with E-state index in [1.54, 1.807) is 10.4 Å². The van der Waals surface area contributed by atoms with Crippen molar-refractivity contribution >= 4 is 26.6 Å². The molecule has 0 unspecified atom stereocenters. The average molecular weight is 331 g/mol. The number of fused-ring (bicyclic) bond motifs is 3. The summed E-state index contributed by atoms with van der Waals surface area (Å²) >= 11 is 0. The molecule has 2 aromatic heterocycles. The van der Waals surface area contributed by atoms with Crippen LogP contribution < -0.4 is 5.56 Å². The molecule has 1 aromatic carbocycles. The molecule has 2 heterocycles. The number of aromatic nitrogens is 2. The zero-order chi connectivity index (χ0) is 16.2. The minimum Gasteiger partial charge on any atom is -0.319 e. The van der Waals surface area contributed by atoms with Crippen molar-refractivity contribution in [3.8, 4) is 0 Å². The minimum atomic E-state index is -3.23. The van der Waals surface area contributed by atoms with E-state index in [9.17, 15) is 13.2 Å². The lowest BCUT2D eigenvalue weighted by atomic mass is 10.2. The second-order valence-corrected chi connectivity index (χ2v) is 8.04. The first-order chi connectivity index (χ1) is 10.9. The van der Waals surface area contributed by atoms with Gasteiger partial charge in [-0.1, -0.05) is 6.07 Å². The lowest BCUT2D eigenvalue weighted by Gasteiger charge is -2.19. The second-order valence-electron chi connectivity index (χ2n) is 6.11. The van der Waals surface area contributed by atoms with E-state index in [4.69, 9.17) is 0 Å². The van der Waals surface area contributed by atoms with Gasteiger partial charge in [0.25, 0.3) is 5.56 Å². The molecule has 1 N–H and O–H groups in total. The lowest BCUT2D eigenvalue weighted by Crippen LogP contribution is -2.31. The molecule has 0 bridgehead atoms. The fourth-order valence-electron chi connectivity index (χ4n) is 3.01. The maximum Gasteiger partial charge on any atom is 0.272 e.